The molecule has 0 unspecified atom stereocenters. The third-order valence-electron chi connectivity index (χ3n) is 4.91. The van der Waals surface area contributed by atoms with Crippen LogP contribution in [0.4, 0.5) is 0 Å². The molecular formula is C20H24N4O3S. The number of fused-ring (bicyclic) bond motifs is 1. The molecule has 28 heavy (non-hydrogen) atoms. The van der Waals surface area contributed by atoms with E-state index in [0.29, 0.717) is 41.7 Å². The van der Waals surface area contributed by atoms with Gasteiger partial charge in [0.15, 0.2) is 28.6 Å². The normalized spacial score (nSPS) is 18.8. The maximum Gasteiger partial charge on any atom is 0.230 e. The SMILES string of the molecule is C=CCn1c(SCC(=O)NC2CCCC2)nnc1[C@H]1COc2ccccc2O1. The van der Waals surface area contributed by atoms with Gasteiger partial charge >= 0.3 is 0 Å². The van der Waals surface area contributed by atoms with E-state index in [9.17, 15) is 4.79 Å². The Hall–Kier alpha value is -2.48. The Morgan fingerprint density at radius 1 is 1.29 bits per heavy atom. The van der Waals surface area contributed by atoms with Crippen LogP contribution in [0.3, 0.4) is 0 Å². The molecule has 2 heterocycles. The van der Waals surface area contributed by atoms with Gasteiger partial charge < -0.3 is 14.8 Å². The molecule has 1 fully saturated rings. The van der Waals surface area contributed by atoms with E-state index >= 15 is 0 Å². The number of nitrogens with zero attached hydrogens (tertiary/aromatic N) is 3. The first-order valence-corrected chi connectivity index (χ1v) is 10.6. The van der Waals surface area contributed by atoms with Gasteiger partial charge in [0.2, 0.25) is 5.91 Å². The molecule has 0 radical (unpaired) electrons. The van der Waals surface area contributed by atoms with Crippen LogP contribution in [0.25, 0.3) is 0 Å². The van der Waals surface area contributed by atoms with E-state index in [1.807, 2.05) is 28.8 Å². The molecule has 1 saturated carbocycles. The van der Waals surface area contributed by atoms with E-state index in [-0.39, 0.29) is 12.0 Å². The first-order chi connectivity index (χ1) is 13.7. The van der Waals surface area contributed by atoms with Gasteiger partial charge in [-0.1, -0.05) is 42.8 Å². The third kappa shape index (κ3) is 4.16. The summed E-state index contributed by atoms with van der Waals surface area (Å²) in [5.41, 5.74) is 0. The summed E-state index contributed by atoms with van der Waals surface area (Å²) >= 11 is 1.38. The molecule has 1 amide bonds. The fourth-order valence-corrected chi connectivity index (χ4v) is 4.33. The zero-order chi connectivity index (χ0) is 19.3. The van der Waals surface area contributed by atoms with Gasteiger partial charge in [0.25, 0.3) is 0 Å². The Labute approximate surface area is 168 Å². The Kier molecular flexibility index (Phi) is 5.85. The molecule has 1 atom stereocenters. The number of amides is 1. The number of hydrogen-bond acceptors (Lipinski definition) is 6. The largest absolute Gasteiger partial charge is 0.485 e. The number of carbonyl (C=O) groups is 1. The average molecular weight is 401 g/mol. The molecule has 2 aliphatic rings. The molecule has 1 N–H and O–H groups in total. The van der Waals surface area contributed by atoms with Crippen molar-refractivity contribution in [2.45, 2.75) is 49.5 Å². The number of carbonyl (C=O) groups excluding carboxylic acids is 1. The smallest absolute Gasteiger partial charge is 0.230 e. The predicted molar refractivity (Wildman–Crippen MR) is 107 cm³/mol. The molecule has 4 rings (SSSR count). The number of benzene rings is 1. The summed E-state index contributed by atoms with van der Waals surface area (Å²) in [4.78, 5) is 12.2. The Balaban J connectivity index is 1.44. The summed E-state index contributed by atoms with van der Waals surface area (Å²) in [5, 5.41) is 12.4. The third-order valence-corrected chi connectivity index (χ3v) is 5.87. The van der Waals surface area contributed by atoms with E-state index in [4.69, 9.17) is 9.47 Å². The average Bonchev–Trinajstić information content (AvgIpc) is 3.36. The zero-order valence-corrected chi connectivity index (χ0v) is 16.5. The minimum atomic E-state index is -0.357. The molecule has 8 heteroatoms. The van der Waals surface area contributed by atoms with Crippen LogP contribution in [0.5, 0.6) is 11.5 Å². The molecule has 0 spiro atoms. The van der Waals surface area contributed by atoms with E-state index in [1.165, 1.54) is 24.6 Å². The van der Waals surface area contributed by atoms with Gasteiger partial charge in [-0.05, 0) is 25.0 Å². The van der Waals surface area contributed by atoms with Crippen molar-refractivity contribution in [1.82, 2.24) is 20.1 Å². The van der Waals surface area contributed by atoms with Gasteiger partial charge in [-0.3, -0.25) is 9.36 Å². The molecule has 1 aromatic heterocycles. The van der Waals surface area contributed by atoms with Crippen molar-refractivity contribution in [3.05, 3.63) is 42.7 Å². The first kappa shape index (κ1) is 18.9. The Morgan fingerprint density at radius 3 is 2.86 bits per heavy atom. The van der Waals surface area contributed by atoms with Crippen molar-refractivity contribution in [3.8, 4) is 11.5 Å². The predicted octanol–water partition coefficient (Wildman–Crippen LogP) is 3.13. The minimum Gasteiger partial charge on any atom is -0.485 e. The lowest BCUT2D eigenvalue weighted by Crippen LogP contribution is -2.33. The summed E-state index contributed by atoms with van der Waals surface area (Å²) in [5.74, 6) is 2.45. The highest BCUT2D eigenvalue weighted by molar-refractivity contribution is 7.99. The topological polar surface area (TPSA) is 78.3 Å². The summed E-state index contributed by atoms with van der Waals surface area (Å²) in [6, 6.07) is 7.89. The lowest BCUT2D eigenvalue weighted by atomic mass is 10.2. The van der Waals surface area contributed by atoms with Gasteiger partial charge in [-0.2, -0.15) is 0 Å². The van der Waals surface area contributed by atoms with E-state index in [0.717, 1.165) is 18.6 Å². The fraction of sp³-hybridized carbons (Fsp3) is 0.450. The molecule has 1 aliphatic carbocycles. The number of nitrogens with one attached hydrogen (secondary N) is 1. The van der Waals surface area contributed by atoms with Crippen LogP contribution >= 0.6 is 11.8 Å². The standard InChI is InChI=1S/C20H24N4O3S/c1-2-11-24-19(17-12-26-15-9-5-6-10-16(15)27-17)22-23-20(24)28-13-18(25)21-14-7-3-4-8-14/h2,5-6,9-10,14,17H,1,3-4,7-8,11-13H2,(H,21,25)/t17-/m1/s1. The fourth-order valence-electron chi connectivity index (χ4n) is 3.56. The highest BCUT2D eigenvalue weighted by Crippen LogP contribution is 2.36. The molecule has 1 aliphatic heterocycles. The number of aromatic nitrogens is 3. The summed E-state index contributed by atoms with van der Waals surface area (Å²) in [6.45, 7) is 4.72. The van der Waals surface area contributed by atoms with Gasteiger partial charge in [-0.15, -0.1) is 16.8 Å². The van der Waals surface area contributed by atoms with Crippen molar-refractivity contribution in [3.63, 3.8) is 0 Å². The number of ether oxygens (including phenoxy) is 2. The highest BCUT2D eigenvalue weighted by Gasteiger charge is 2.28. The molecule has 7 nitrogen and oxygen atoms in total. The first-order valence-electron chi connectivity index (χ1n) is 9.59. The second-order valence-electron chi connectivity index (χ2n) is 6.94. The number of para-hydroxylation sites is 2. The van der Waals surface area contributed by atoms with Crippen molar-refractivity contribution < 1.29 is 14.3 Å². The molecule has 1 aromatic carbocycles. The Bertz CT molecular complexity index is 848. The summed E-state index contributed by atoms with van der Waals surface area (Å²) < 4.78 is 13.8. The van der Waals surface area contributed by atoms with Gasteiger partial charge in [0.05, 0.1) is 5.75 Å². The van der Waals surface area contributed by atoms with Crippen LogP contribution in [0, 0.1) is 0 Å². The second kappa shape index (κ2) is 8.68. The van der Waals surface area contributed by atoms with Crippen LogP contribution in [0.1, 0.15) is 37.6 Å². The van der Waals surface area contributed by atoms with Gasteiger partial charge in [-0.25, -0.2) is 0 Å². The van der Waals surface area contributed by atoms with Crippen LogP contribution in [0.15, 0.2) is 42.1 Å². The highest BCUT2D eigenvalue weighted by atomic mass is 32.2. The molecule has 2 aromatic rings. The maximum absolute atomic E-state index is 12.2. The molecule has 0 saturated heterocycles. The summed E-state index contributed by atoms with van der Waals surface area (Å²) in [6.07, 6.45) is 5.97. The monoisotopic (exact) mass is 400 g/mol. The van der Waals surface area contributed by atoms with Crippen molar-refractivity contribution in [2.75, 3.05) is 12.4 Å². The minimum absolute atomic E-state index is 0.0396. The lowest BCUT2D eigenvalue weighted by Gasteiger charge is -2.26. The van der Waals surface area contributed by atoms with Crippen LogP contribution < -0.4 is 14.8 Å². The van der Waals surface area contributed by atoms with Gasteiger partial charge in [0.1, 0.15) is 6.61 Å². The van der Waals surface area contributed by atoms with Crippen molar-refractivity contribution in [2.24, 2.45) is 0 Å². The number of hydrogen-bond donors (Lipinski definition) is 1. The van der Waals surface area contributed by atoms with Crippen molar-refractivity contribution in [1.29, 1.82) is 0 Å². The molecular weight excluding hydrogens is 376 g/mol. The van der Waals surface area contributed by atoms with Crippen molar-refractivity contribution >= 4 is 17.7 Å². The van der Waals surface area contributed by atoms with E-state index in [1.54, 1.807) is 6.08 Å². The van der Waals surface area contributed by atoms with Crippen LogP contribution in [-0.2, 0) is 11.3 Å². The number of thioether (sulfide) groups is 1. The quantitative estimate of drug-likeness (QED) is 0.568. The van der Waals surface area contributed by atoms with E-state index in [2.05, 4.69) is 22.1 Å². The van der Waals surface area contributed by atoms with Gasteiger partial charge in [0, 0.05) is 12.6 Å². The number of rotatable bonds is 7. The van der Waals surface area contributed by atoms with Crippen LogP contribution in [-0.4, -0.2) is 39.1 Å². The Morgan fingerprint density at radius 2 is 2.07 bits per heavy atom. The zero-order valence-electron chi connectivity index (χ0n) is 15.7. The maximum atomic E-state index is 12.2. The summed E-state index contributed by atoms with van der Waals surface area (Å²) in [7, 11) is 0. The van der Waals surface area contributed by atoms with Crippen LogP contribution in [0.2, 0.25) is 0 Å². The number of allylic oxidation sites excluding steroid dienone is 1. The second-order valence-corrected chi connectivity index (χ2v) is 7.88. The van der Waals surface area contributed by atoms with E-state index < -0.39 is 0 Å². The lowest BCUT2D eigenvalue weighted by molar-refractivity contribution is -0.119. The molecule has 0 bridgehead atoms. The molecule has 148 valence electrons.